The lowest BCUT2D eigenvalue weighted by atomic mass is 9.96. The third-order valence-electron chi connectivity index (χ3n) is 2.70. The van der Waals surface area contributed by atoms with Gasteiger partial charge in [-0.1, -0.05) is 48.6 Å². The Morgan fingerprint density at radius 1 is 1.35 bits per heavy atom. The van der Waals surface area contributed by atoms with E-state index in [-0.39, 0.29) is 0 Å². The van der Waals surface area contributed by atoms with Gasteiger partial charge in [-0.25, -0.2) is 0 Å². The van der Waals surface area contributed by atoms with Gasteiger partial charge in [-0.05, 0) is 17.2 Å². The van der Waals surface area contributed by atoms with Crippen LogP contribution in [0.15, 0.2) is 61.2 Å². The molecule has 0 fully saturated rings. The Kier molecular flexibility index (Phi) is 3.57. The molecule has 2 nitrogen and oxygen atoms in total. The zero-order valence-corrected chi connectivity index (χ0v) is 9.67. The van der Waals surface area contributed by atoms with Crippen LogP contribution in [0.2, 0.25) is 0 Å². The fraction of sp³-hybridized carbons (Fsp3) is 0.200. The smallest absolute Gasteiger partial charge is 0.189 e. The van der Waals surface area contributed by atoms with E-state index in [0.29, 0.717) is 13.0 Å². The van der Waals surface area contributed by atoms with Gasteiger partial charge < -0.3 is 9.84 Å². The molecule has 88 valence electrons. The quantitative estimate of drug-likeness (QED) is 0.634. The first kappa shape index (κ1) is 11.8. The Morgan fingerprint density at radius 2 is 2.12 bits per heavy atom. The zero-order chi connectivity index (χ0) is 12.1. The second-order valence-electron chi connectivity index (χ2n) is 4.01. The van der Waals surface area contributed by atoms with Crippen molar-refractivity contribution in [1.82, 2.24) is 0 Å². The Balaban J connectivity index is 2.08. The zero-order valence-electron chi connectivity index (χ0n) is 9.67. The maximum absolute atomic E-state index is 10.1. The van der Waals surface area contributed by atoms with E-state index in [2.05, 4.69) is 6.58 Å². The molecule has 1 aliphatic carbocycles. The molecule has 2 rings (SSSR count). The maximum Gasteiger partial charge on any atom is 0.189 e. The van der Waals surface area contributed by atoms with Crippen LogP contribution in [0.3, 0.4) is 0 Å². The van der Waals surface area contributed by atoms with Crippen LogP contribution in [0.5, 0.6) is 0 Å². The van der Waals surface area contributed by atoms with Gasteiger partial charge in [0.2, 0.25) is 0 Å². The summed E-state index contributed by atoms with van der Waals surface area (Å²) in [5.41, 5.74) is 2.26. The standard InChI is InChI=1S/C15H16O2/c1-2-12-17-15(16)10-8-14(9-11-15)13-6-4-3-5-7-13/h2-10,16H,1,11-12H2. The molecule has 1 atom stereocenters. The third-order valence-corrected chi connectivity index (χ3v) is 2.70. The molecule has 0 radical (unpaired) electrons. The summed E-state index contributed by atoms with van der Waals surface area (Å²) < 4.78 is 5.31. The summed E-state index contributed by atoms with van der Waals surface area (Å²) in [6.07, 6.45) is 7.66. The molecule has 1 unspecified atom stereocenters. The fourth-order valence-electron chi connectivity index (χ4n) is 1.77. The minimum atomic E-state index is -1.19. The lowest BCUT2D eigenvalue weighted by Gasteiger charge is -2.26. The summed E-state index contributed by atoms with van der Waals surface area (Å²) in [6.45, 7) is 3.91. The van der Waals surface area contributed by atoms with E-state index in [4.69, 9.17) is 4.74 Å². The summed E-state index contributed by atoms with van der Waals surface area (Å²) >= 11 is 0. The van der Waals surface area contributed by atoms with Crippen molar-refractivity contribution >= 4 is 5.57 Å². The Labute approximate surface area is 102 Å². The molecule has 17 heavy (non-hydrogen) atoms. The molecular formula is C15H16O2. The number of allylic oxidation sites excluding steroid dienone is 2. The second kappa shape index (κ2) is 5.13. The van der Waals surface area contributed by atoms with E-state index >= 15 is 0 Å². The largest absolute Gasteiger partial charge is 0.362 e. The van der Waals surface area contributed by atoms with Crippen molar-refractivity contribution in [2.24, 2.45) is 0 Å². The van der Waals surface area contributed by atoms with Gasteiger partial charge in [0.05, 0.1) is 6.61 Å². The van der Waals surface area contributed by atoms with Crippen molar-refractivity contribution in [2.75, 3.05) is 6.61 Å². The molecule has 1 aromatic rings. The highest BCUT2D eigenvalue weighted by molar-refractivity contribution is 5.75. The predicted molar refractivity (Wildman–Crippen MR) is 69.3 cm³/mol. The van der Waals surface area contributed by atoms with Gasteiger partial charge >= 0.3 is 0 Å². The summed E-state index contributed by atoms with van der Waals surface area (Å²) in [6, 6.07) is 10.1. The molecular weight excluding hydrogens is 212 g/mol. The number of hydrogen-bond acceptors (Lipinski definition) is 2. The van der Waals surface area contributed by atoms with Crippen LogP contribution in [0.4, 0.5) is 0 Å². The highest BCUT2D eigenvalue weighted by atomic mass is 16.6. The SMILES string of the molecule is C=CCOC1(O)C=CC(c2ccccc2)=CC1. The van der Waals surface area contributed by atoms with Crippen molar-refractivity contribution in [3.63, 3.8) is 0 Å². The van der Waals surface area contributed by atoms with Crippen molar-refractivity contribution in [1.29, 1.82) is 0 Å². The van der Waals surface area contributed by atoms with Crippen LogP contribution in [-0.4, -0.2) is 17.5 Å². The molecule has 0 heterocycles. The van der Waals surface area contributed by atoms with Gasteiger partial charge in [-0.2, -0.15) is 0 Å². The number of hydrogen-bond donors (Lipinski definition) is 1. The van der Waals surface area contributed by atoms with Crippen LogP contribution in [-0.2, 0) is 4.74 Å². The first-order valence-corrected chi connectivity index (χ1v) is 5.65. The number of rotatable bonds is 4. The van der Waals surface area contributed by atoms with Gasteiger partial charge in [0.15, 0.2) is 5.79 Å². The van der Waals surface area contributed by atoms with E-state index < -0.39 is 5.79 Å². The van der Waals surface area contributed by atoms with Gasteiger partial charge in [0.1, 0.15) is 0 Å². The van der Waals surface area contributed by atoms with Crippen LogP contribution >= 0.6 is 0 Å². The lowest BCUT2D eigenvalue weighted by molar-refractivity contribution is -0.156. The Bertz CT molecular complexity index is 445. The molecule has 0 saturated carbocycles. The second-order valence-corrected chi connectivity index (χ2v) is 4.01. The van der Waals surface area contributed by atoms with Gasteiger partial charge in [-0.3, -0.25) is 0 Å². The van der Waals surface area contributed by atoms with Crippen molar-refractivity contribution in [3.8, 4) is 0 Å². The maximum atomic E-state index is 10.1. The number of benzene rings is 1. The van der Waals surface area contributed by atoms with Gasteiger partial charge in [0.25, 0.3) is 0 Å². The highest BCUT2D eigenvalue weighted by Crippen LogP contribution is 2.27. The molecule has 0 bridgehead atoms. The van der Waals surface area contributed by atoms with Crippen molar-refractivity contribution in [3.05, 3.63) is 66.8 Å². The van der Waals surface area contributed by atoms with E-state index in [1.165, 1.54) is 0 Å². The van der Waals surface area contributed by atoms with E-state index in [1.54, 1.807) is 12.2 Å². The molecule has 1 aromatic carbocycles. The number of ether oxygens (including phenoxy) is 1. The lowest BCUT2D eigenvalue weighted by Crippen LogP contribution is -2.30. The molecule has 2 heteroatoms. The highest BCUT2D eigenvalue weighted by Gasteiger charge is 2.25. The minimum absolute atomic E-state index is 0.343. The molecule has 0 amide bonds. The predicted octanol–water partition coefficient (Wildman–Crippen LogP) is 2.92. The summed E-state index contributed by atoms with van der Waals surface area (Å²) in [5, 5.41) is 10.1. The third kappa shape index (κ3) is 2.93. The average Bonchev–Trinajstić information content (AvgIpc) is 2.38. The minimum Gasteiger partial charge on any atom is -0.362 e. The molecule has 0 aromatic heterocycles. The first-order valence-electron chi connectivity index (χ1n) is 5.65. The van der Waals surface area contributed by atoms with Crippen LogP contribution < -0.4 is 0 Å². The van der Waals surface area contributed by atoms with E-state index in [1.807, 2.05) is 42.5 Å². The topological polar surface area (TPSA) is 29.5 Å². The Morgan fingerprint density at radius 3 is 2.71 bits per heavy atom. The van der Waals surface area contributed by atoms with Crippen molar-refractivity contribution in [2.45, 2.75) is 12.2 Å². The first-order chi connectivity index (χ1) is 8.23. The molecule has 0 aliphatic heterocycles. The summed E-state index contributed by atoms with van der Waals surface area (Å²) in [5.74, 6) is -1.19. The molecule has 1 aliphatic rings. The average molecular weight is 228 g/mol. The van der Waals surface area contributed by atoms with E-state index in [0.717, 1.165) is 11.1 Å². The van der Waals surface area contributed by atoms with E-state index in [9.17, 15) is 5.11 Å². The number of aliphatic hydroxyl groups is 1. The van der Waals surface area contributed by atoms with Crippen LogP contribution in [0, 0.1) is 0 Å². The fourth-order valence-corrected chi connectivity index (χ4v) is 1.77. The molecule has 1 N–H and O–H groups in total. The van der Waals surface area contributed by atoms with Crippen LogP contribution in [0.1, 0.15) is 12.0 Å². The van der Waals surface area contributed by atoms with Crippen molar-refractivity contribution < 1.29 is 9.84 Å². The molecule has 0 spiro atoms. The summed E-state index contributed by atoms with van der Waals surface area (Å²) in [7, 11) is 0. The van der Waals surface area contributed by atoms with Crippen LogP contribution in [0.25, 0.3) is 5.57 Å². The molecule has 0 saturated heterocycles. The van der Waals surface area contributed by atoms with Gasteiger partial charge in [-0.15, -0.1) is 6.58 Å². The van der Waals surface area contributed by atoms with Gasteiger partial charge in [0, 0.05) is 6.42 Å². The summed E-state index contributed by atoms with van der Waals surface area (Å²) in [4.78, 5) is 0. The Hall–Kier alpha value is -1.64. The normalized spacial score (nSPS) is 23.2. The monoisotopic (exact) mass is 228 g/mol.